The monoisotopic (exact) mass is 479 g/mol. The molecule has 0 aromatic heterocycles. The van der Waals surface area contributed by atoms with Gasteiger partial charge in [0.05, 0.1) is 19.1 Å². The third kappa shape index (κ3) is 6.19. The molecule has 2 aliphatic heterocycles. The highest BCUT2D eigenvalue weighted by molar-refractivity contribution is 5.96. The van der Waals surface area contributed by atoms with Crippen molar-refractivity contribution >= 4 is 29.2 Å². The molecule has 2 aromatic carbocycles. The van der Waals surface area contributed by atoms with E-state index in [0.717, 1.165) is 24.3 Å². The highest BCUT2D eigenvalue weighted by atomic mass is 16.5. The number of anilines is 2. The first-order valence-corrected chi connectivity index (χ1v) is 12.2. The van der Waals surface area contributed by atoms with Gasteiger partial charge in [-0.1, -0.05) is 18.2 Å². The Kier molecular flexibility index (Phi) is 8.02. The van der Waals surface area contributed by atoms with Crippen molar-refractivity contribution < 1.29 is 23.9 Å². The molecule has 0 spiro atoms. The predicted molar refractivity (Wildman–Crippen MR) is 133 cm³/mol. The molecule has 2 aromatic rings. The van der Waals surface area contributed by atoms with Crippen molar-refractivity contribution in [2.45, 2.75) is 32.8 Å². The fourth-order valence-corrected chi connectivity index (χ4v) is 4.45. The van der Waals surface area contributed by atoms with Crippen LogP contribution in [0.4, 0.5) is 11.4 Å². The summed E-state index contributed by atoms with van der Waals surface area (Å²) in [5.41, 5.74) is 3.36. The number of esters is 1. The van der Waals surface area contributed by atoms with Crippen molar-refractivity contribution in [3.63, 3.8) is 0 Å². The molecule has 2 aliphatic rings. The Bertz CT molecular complexity index is 1040. The minimum atomic E-state index is -0.909. The van der Waals surface area contributed by atoms with Gasteiger partial charge in [-0.3, -0.25) is 14.4 Å². The standard InChI is InChI=1S/C27H33N3O5/c1-19-5-3-4-6-24(19)26(32)30-13-11-21(12-14-30)27(33)35-20(2)25(31)28-22-7-9-23(10-8-22)29-15-17-34-18-16-29/h3-10,20-21H,11-18H2,1-2H3,(H,28,31)/t20-/m1/s1. The van der Waals surface area contributed by atoms with Crippen LogP contribution in [0.3, 0.4) is 0 Å². The van der Waals surface area contributed by atoms with Gasteiger partial charge in [-0.2, -0.15) is 0 Å². The zero-order valence-electron chi connectivity index (χ0n) is 20.4. The number of ether oxygens (including phenoxy) is 2. The van der Waals surface area contributed by atoms with Crippen LogP contribution in [0.5, 0.6) is 0 Å². The third-order valence-electron chi connectivity index (χ3n) is 6.66. The second-order valence-corrected chi connectivity index (χ2v) is 9.10. The molecule has 4 rings (SSSR count). The normalized spacial score (nSPS) is 17.5. The number of carbonyl (C=O) groups is 3. The summed E-state index contributed by atoms with van der Waals surface area (Å²) >= 11 is 0. The summed E-state index contributed by atoms with van der Waals surface area (Å²) in [6.45, 7) is 7.59. The van der Waals surface area contributed by atoms with Crippen LogP contribution in [0.2, 0.25) is 0 Å². The van der Waals surface area contributed by atoms with Crippen molar-refractivity contribution in [1.82, 2.24) is 4.90 Å². The first-order valence-electron chi connectivity index (χ1n) is 12.2. The predicted octanol–water partition coefficient (Wildman–Crippen LogP) is 3.25. The zero-order valence-corrected chi connectivity index (χ0v) is 20.4. The number of hydrogen-bond acceptors (Lipinski definition) is 6. The number of rotatable bonds is 6. The lowest BCUT2D eigenvalue weighted by atomic mass is 9.96. The van der Waals surface area contributed by atoms with E-state index in [1.807, 2.05) is 55.5 Å². The van der Waals surface area contributed by atoms with E-state index in [9.17, 15) is 14.4 Å². The Morgan fingerprint density at radius 2 is 1.63 bits per heavy atom. The first kappa shape index (κ1) is 24.7. The molecule has 0 bridgehead atoms. The number of hydrogen-bond donors (Lipinski definition) is 1. The number of nitrogens with zero attached hydrogens (tertiary/aromatic N) is 2. The maximum atomic E-state index is 12.8. The van der Waals surface area contributed by atoms with Gasteiger partial charge in [0.15, 0.2) is 6.10 Å². The Morgan fingerprint density at radius 3 is 2.29 bits per heavy atom. The Balaban J connectivity index is 1.23. The van der Waals surface area contributed by atoms with Gasteiger partial charge in [0.2, 0.25) is 0 Å². The first-order chi connectivity index (χ1) is 16.9. The van der Waals surface area contributed by atoms with E-state index < -0.39 is 12.1 Å². The molecule has 2 saturated heterocycles. The number of benzene rings is 2. The van der Waals surface area contributed by atoms with Gasteiger partial charge >= 0.3 is 5.97 Å². The number of amides is 2. The minimum absolute atomic E-state index is 0.0118. The van der Waals surface area contributed by atoms with E-state index in [1.54, 1.807) is 11.8 Å². The van der Waals surface area contributed by atoms with Gasteiger partial charge in [-0.15, -0.1) is 0 Å². The van der Waals surface area contributed by atoms with E-state index in [-0.39, 0.29) is 17.7 Å². The fraction of sp³-hybridized carbons (Fsp3) is 0.444. The van der Waals surface area contributed by atoms with E-state index >= 15 is 0 Å². The van der Waals surface area contributed by atoms with Crippen molar-refractivity contribution in [3.8, 4) is 0 Å². The largest absolute Gasteiger partial charge is 0.452 e. The van der Waals surface area contributed by atoms with Crippen molar-refractivity contribution in [3.05, 3.63) is 59.7 Å². The molecular formula is C27H33N3O5. The lowest BCUT2D eigenvalue weighted by Crippen LogP contribution is -2.42. The molecular weight excluding hydrogens is 446 g/mol. The molecule has 0 unspecified atom stereocenters. The molecule has 0 aliphatic carbocycles. The van der Waals surface area contributed by atoms with Gasteiger partial charge in [0, 0.05) is 43.1 Å². The minimum Gasteiger partial charge on any atom is -0.452 e. The lowest BCUT2D eigenvalue weighted by Gasteiger charge is -2.31. The number of piperidine rings is 1. The Labute approximate surface area is 206 Å². The van der Waals surface area contributed by atoms with Crippen molar-refractivity contribution in [1.29, 1.82) is 0 Å². The molecule has 2 amide bonds. The SMILES string of the molecule is Cc1ccccc1C(=O)N1CCC(C(=O)O[C@H](C)C(=O)Nc2ccc(N3CCOCC3)cc2)CC1. The van der Waals surface area contributed by atoms with E-state index in [4.69, 9.17) is 9.47 Å². The summed E-state index contributed by atoms with van der Waals surface area (Å²) in [4.78, 5) is 42.1. The highest BCUT2D eigenvalue weighted by Crippen LogP contribution is 2.23. The van der Waals surface area contributed by atoms with Crippen LogP contribution >= 0.6 is 0 Å². The maximum Gasteiger partial charge on any atom is 0.309 e. The highest BCUT2D eigenvalue weighted by Gasteiger charge is 2.31. The molecule has 8 heteroatoms. The van der Waals surface area contributed by atoms with Crippen LogP contribution in [0.25, 0.3) is 0 Å². The summed E-state index contributed by atoms with van der Waals surface area (Å²) in [5, 5.41) is 2.81. The maximum absolute atomic E-state index is 12.8. The number of likely N-dealkylation sites (tertiary alicyclic amines) is 1. The van der Waals surface area contributed by atoms with E-state index in [0.29, 0.717) is 50.4 Å². The molecule has 186 valence electrons. The number of nitrogens with one attached hydrogen (secondary N) is 1. The van der Waals surface area contributed by atoms with Crippen molar-refractivity contribution in [2.24, 2.45) is 5.92 Å². The fourth-order valence-electron chi connectivity index (χ4n) is 4.45. The average molecular weight is 480 g/mol. The Hall–Kier alpha value is -3.39. The second-order valence-electron chi connectivity index (χ2n) is 9.10. The summed E-state index contributed by atoms with van der Waals surface area (Å²) in [6, 6.07) is 15.1. The number of aryl methyl sites for hydroxylation is 1. The molecule has 8 nitrogen and oxygen atoms in total. The average Bonchev–Trinajstić information content (AvgIpc) is 2.89. The van der Waals surface area contributed by atoms with Crippen LogP contribution in [-0.4, -0.2) is 68.2 Å². The van der Waals surface area contributed by atoms with Gasteiger partial charge in [0.25, 0.3) is 11.8 Å². The van der Waals surface area contributed by atoms with Gasteiger partial charge in [-0.25, -0.2) is 0 Å². The topological polar surface area (TPSA) is 88.2 Å². The Morgan fingerprint density at radius 1 is 0.971 bits per heavy atom. The summed E-state index contributed by atoms with van der Waals surface area (Å²) in [5.74, 6) is -1.09. The van der Waals surface area contributed by atoms with Crippen LogP contribution in [0, 0.1) is 12.8 Å². The van der Waals surface area contributed by atoms with Crippen LogP contribution in [0.15, 0.2) is 48.5 Å². The molecule has 35 heavy (non-hydrogen) atoms. The molecule has 0 saturated carbocycles. The number of carbonyl (C=O) groups excluding carboxylic acids is 3. The second kappa shape index (κ2) is 11.4. The molecule has 1 N–H and O–H groups in total. The van der Waals surface area contributed by atoms with Gasteiger partial charge in [-0.05, 0) is 62.6 Å². The molecule has 2 fully saturated rings. The van der Waals surface area contributed by atoms with Crippen LogP contribution < -0.4 is 10.2 Å². The quantitative estimate of drug-likeness (QED) is 0.640. The molecule has 1 atom stereocenters. The van der Waals surface area contributed by atoms with Crippen LogP contribution in [-0.2, 0) is 19.1 Å². The van der Waals surface area contributed by atoms with Crippen molar-refractivity contribution in [2.75, 3.05) is 49.6 Å². The lowest BCUT2D eigenvalue weighted by molar-refractivity contribution is -0.158. The van der Waals surface area contributed by atoms with Crippen LogP contribution in [0.1, 0.15) is 35.7 Å². The summed E-state index contributed by atoms with van der Waals surface area (Å²) in [7, 11) is 0. The number of morpholine rings is 1. The van der Waals surface area contributed by atoms with Gasteiger partial charge < -0.3 is 24.6 Å². The zero-order chi connectivity index (χ0) is 24.8. The summed E-state index contributed by atoms with van der Waals surface area (Å²) in [6.07, 6.45) is 0.134. The smallest absolute Gasteiger partial charge is 0.309 e. The summed E-state index contributed by atoms with van der Waals surface area (Å²) < 4.78 is 10.8. The third-order valence-corrected chi connectivity index (χ3v) is 6.66. The molecule has 0 radical (unpaired) electrons. The molecule has 2 heterocycles. The van der Waals surface area contributed by atoms with E-state index in [2.05, 4.69) is 10.2 Å². The van der Waals surface area contributed by atoms with E-state index in [1.165, 1.54) is 0 Å². The van der Waals surface area contributed by atoms with Gasteiger partial charge in [0.1, 0.15) is 0 Å².